The maximum Gasteiger partial charge on any atom is 0.273 e. The van der Waals surface area contributed by atoms with Crippen LogP contribution < -0.4 is 10.1 Å². The predicted molar refractivity (Wildman–Crippen MR) is 59.7 cm³/mol. The standard InChI is InChI=1S/C11H14N2O3/c1-8-4-9(13(14)15)6-11(5-8)16-10-2-3-12-7-10/h4-6,10,12H,2-3,7H2,1H3. The van der Waals surface area contributed by atoms with Gasteiger partial charge in [-0.1, -0.05) is 0 Å². The zero-order chi connectivity index (χ0) is 11.5. The van der Waals surface area contributed by atoms with Crippen molar-refractivity contribution in [3.05, 3.63) is 33.9 Å². The van der Waals surface area contributed by atoms with E-state index in [0.717, 1.165) is 25.1 Å². The van der Waals surface area contributed by atoms with E-state index in [2.05, 4.69) is 5.32 Å². The lowest BCUT2D eigenvalue weighted by Crippen LogP contribution is -2.19. The van der Waals surface area contributed by atoms with Gasteiger partial charge in [0, 0.05) is 12.6 Å². The van der Waals surface area contributed by atoms with Gasteiger partial charge in [0.1, 0.15) is 11.9 Å². The lowest BCUT2D eigenvalue weighted by atomic mass is 10.2. The quantitative estimate of drug-likeness (QED) is 0.623. The molecule has 5 heteroatoms. The summed E-state index contributed by atoms with van der Waals surface area (Å²) in [5, 5.41) is 13.9. The van der Waals surface area contributed by atoms with Crippen molar-refractivity contribution in [2.75, 3.05) is 13.1 Å². The summed E-state index contributed by atoms with van der Waals surface area (Å²) in [6, 6.07) is 4.84. The van der Waals surface area contributed by atoms with E-state index >= 15 is 0 Å². The molecule has 16 heavy (non-hydrogen) atoms. The first-order valence-corrected chi connectivity index (χ1v) is 5.28. The molecule has 1 atom stereocenters. The summed E-state index contributed by atoms with van der Waals surface area (Å²) in [4.78, 5) is 10.3. The van der Waals surface area contributed by atoms with E-state index in [9.17, 15) is 10.1 Å². The third-order valence-electron chi connectivity index (χ3n) is 2.56. The number of nitrogens with zero attached hydrogens (tertiary/aromatic N) is 1. The van der Waals surface area contributed by atoms with Gasteiger partial charge in [0.25, 0.3) is 5.69 Å². The van der Waals surface area contributed by atoms with Crippen molar-refractivity contribution in [3.8, 4) is 5.75 Å². The molecule has 1 aromatic carbocycles. The number of nitro benzene ring substituents is 1. The number of nitro groups is 1. The van der Waals surface area contributed by atoms with Crippen molar-refractivity contribution >= 4 is 5.69 Å². The summed E-state index contributed by atoms with van der Waals surface area (Å²) in [6.07, 6.45) is 1.07. The average Bonchev–Trinajstić information content (AvgIpc) is 2.69. The predicted octanol–water partition coefficient (Wildman–Crippen LogP) is 1.64. The Morgan fingerprint density at radius 2 is 2.31 bits per heavy atom. The molecule has 0 aliphatic carbocycles. The number of hydrogen-bond acceptors (Lipinski definition) is 4. The van der Waals surface area contributed by atoms with Gasteiger partial charge in [-0.25, -0.2) is 0 Å². The van der Waals surface area contributed by atoms with Crippen molar-refractivity contribution in [1.82, 2.24) is 5.32 Å². The highest BCUT2D eigenvalue weighted by atomic mass is 16.6. The van der Waals surface area contributed by atoms with Gasteiger partial charge in [0.2, 0.25) is 0 Å². The number of rotatable bonds is 3. The first-order chi connectivity index (χ1) is 7.65. The molecule has 1 unspecified atom stereocenters. The topological polar surface area (TPSA) is 64.4 Å². The zero-order valence-electron chi connectivity index (χ0n) is 9.10. The molecule has 2 rings (SSSR count). The van der Waals surface area contributed by atoms with Crippen LogP contribution in [-0.2, 0) is 0 Å². The molecule has 0 spiro atoms. The van der Waals surface area contributed by atoms with Crippen molar-refractivity contribution in [1.29, 1.82) is 0 Å². The van der Waals surface area contributed by atoms with E-state index in [4.69, 9.17) is 4.74 Å². The summed E-state index contributed by atoms with van der Waals surface area (Å²) in [5.74, 6) is 0.584. The van der Waals surface area contributed by atoms with Gasteiger partial charge in [-0.3, -0.25) is 10.1 Å². The van der Waals surface area contributed by atoms with Gasteiger partial charge in [0.15, 0.2) is 0 Å². The maximum absolute atomic E-state index is 10.7. The van der Waals surface area contributed by atoms with Gasteiger partial charge < -0.3 is 10.1 Å². The Kier molecular flexibility index (Phi) is 3.05. The molecule has 0 aromatic heterocycles. The van der Waals surface area contributed by atoms with Crippen LogP contribution in [0.25, 0.3) is 0 Å². The molecule has 1 heterocycles. The van der Waals surface area contributed by atoms with Gasteiger partial charge >= 0.3 is 0 Å². The van der Waals surface area contributed by atoms with Crippen LogP contribution in [0.15, 0.2) is 18.2 Å². The first kappa shape index (κ1) is 10.9. The summed E-state index contributed by atoms with van der Waals surface area (Å²) < 4.78 is 5.68. The molecule has 1 aromatic rings. The minimum absolute atomic E-state index is 0.0842. The van der Waals surface area contributed by atoms with Crippen LogP contribution in [0.5, 0.6) is 5.75 Å². The number of ether oxygens (including phenoxy) is 1. The first-order valence-electron chi connectivity index (χ1n) is 5.28. The lowest BCUT2D eigenvalue weighted by Gasteiger charge is -2.12. The molecule has 0 amide bonds. The molecule has 1 saturated heterocycles. The number of hydrogen-bond donors (Lipinski definition) is 1. The molecule has 1 aliphatic heterocycles. The highest BCUT2D eigenvalue weighted by molar-refractivity contribution is 5.42. The monoisotopic (exact) mass is 222 g/mol. The van der Waals surface area contributed by atoms with Gasteiger partial charge in [0.05, 0.1) is 11.0 Å². The largest absolute Gasteiger partial charge is 0.489 e. The SMILES string of the molecule is Cc1cc(OC2CCNC2)cc([N+](=O)[O-])c1. The minimum atomic E-state index is -0.396. The fourth-order valence-electron chi connectivity index (χ4n) is 1.82. The van der Waals surface area contributed by atoms with Crippen molar-refractivity contribution < 1.29 is 9.66 Å². The zero-order valence-corrected chi connectivity index (χ0v) is 9.10. The average molecular weight is 222 g/mol. The maximum atomic E-state index is 10.7. The summed E-state index contributed by atoms with van der Waals surface area (Å²) >= 11 is 0. The van der Waals surface area contributed by atoms with E-state index in [0.29, 0.717) is 5.75 Å². The number of aryl methyl sites for hydroxylation is 1. The Morgan fingerprint density at radius 3 is 2.94 bits per heavy atom. The fourth-order valence-corrected chi connectivity index (χ4v) is 1.82. The highest BCUT2D eigenvalue weighted by Crippen LogP contribution is 2.24. The molecule has 0 bridgehead atoms. The number of non-ortho nitro benzene ring substituents is 1. The van der Waals surface area contributed by atoms with Gasteiger partial charge in [-0.15, -0.1) is 0 Å². The second-order valence-corrected chi connectivity index (χ2v) is 3.99. The highest BCUT2D eigenvalue weighted by Gasteiger charge is 2.17. The van der Waals surface area contributed by atoms with Crippen LogP contribution in [-0.4, -0.2) is 24.1 Å². The third kappa shape index (κ3) is 2.49. The molecular formula is C11H14N2O3. The van der Waals surface area contributed by atoms with E-state index < -0.39 is 4.92 Å². The van der Waals surface area contributed by atoms with E-state index in [1.54, 1.807) is 6.07 Å². The van der Waals surface area contributed by atoms with Crippen LogP contribution in [0, 0.1) is 17.0 Å². The molecule has 0 radical (unpaired) electrons. The lowest BCUT2D eigenvalue weighted by molar-refractivity contribution is -0.385. The van der Waals surface area contributed by atoms with Crippen LogP contribution >= 0.6 is 0 Å². The van der Waals surface area contributed by atoms with Gasteiger partial charge in [-0.2, -0.15) is 0 Å². The number of benzene rings is 1. The third-order valence-corrected chi connectivity index (χ3v) is 2.56. The second-order valence-electron chi connectivity index (χ2n) is 3.99. The second kappa shape index (κ2) is 4.49. The summed E-state index contributed by atoms with van der Waals surface area (Å²) in [5.41, 5.74) is 0.927. The Bertz CT molecular complexity index is 400. The molecule has 1 N–H and O–H groups in total. The molecule has 0 saturated carbocycles. The van der Waals surface area contributed by atoms with E-state index in [1.807, 2.05) is 13.0 Å². The van der Waals surface area contributed by atoms with Crippen molar-refractivity contribution in [2.45, 2.75) is 19.4 Å². The van der Waals surface area contributed by atoms with Crippen molar-refractivity contribution in [3.63, 3.8) is 0 Å². The van der Waals surface area contributed by atoms with Crippen molar-refractivity contribution in [2.24, 2.45) is 0 Å². The van der Waals surface area contributed by atoms with Crippen LogP contribution in [0.3, 0.4) is 0 Å². The van der Waals surface area contributed by atoms with E-state index in [-0.39, 0.29) is 11.8 Å². The molecule has 1 fully saturated rings. The Labute approximate surface area is 93.6 Å². The smallest absolute Gasteiger partial charge is 0.273 e. The Morgan fingerprint density at radius 1 is 1.50 bits per heavy atom. The molecule has 86 valence electrons. The molecular weight excluding hydrogens is 208 g/mol. The molecule has 5 nitrogen and oxygen atoms in total. The van der Waals surface area contributed by atoms with Crippen LogP contribution in [0.1, 0.15) is 12.0 Å². The summed E-state index contributed by atoms with van der Waals surface area (Å²) in [7, 11) is 0. The van der Waals surface area contributed by atoms with Crippen LogP contribution in [0.4, 0.5) is 5.69 Å². The fraction of sp³-hybridized carbons (Fsp3) is 0.455. The Hall–Kier alpha value is -1.62. The van der Waals surface area contributed by atoms with Gasteiger partial charge in [-0.05, 0) is 31.5 Å². The van der Waals surface area contributed by atoms with E-state index in [1.165, 1.54) is 6.07 Å². The molecule has 1 aliphatic rings. The number of nitrogens with one attached hydrogen (secondary N) is 1. The Balaban J connectivity index is 2.16. The minimum Gasteiger partial charge on any atom is -0.489 e. The normalized spacial score (nSPS) is 19.7. The van der Waals surface area contributed by atoms with Crippen LogP contribution in [0.2, 0.25) is 0 Å². The summed E-state index contributed by atoms with van der Waals surface area (Å²) in [6.45, 7) is 3.58.